The van der Waals surface area contributed by atoms with Gasteiger partial charge < -0.3 is 4.74 Å². The highest BCUT2D eigenvalue weighted by Gasteiger charge is 2.37. The van der Waals surface area contributed by atoms with E-state index >= 15 is 0 Å². The van der Waals surface area contributed by atoms with Gasteiger partial charge in [0.25, 0.3) is 0 Å². The summed E-state index contributed by atoms with van der Waals surface area (Å²) in [5.41, 5.74) is 1.73. The van der Waals surface area contributed by atoms with Crippen LogP contribution in [0.5, 0.6) is 5.75 Å². The summed E-state index contributed by atoms with van der Waals surface area (Å²) in [5.74, 6) is 1.19. The number of hydrogen-bond acceptors (Lipinski definition) is 4. The first-order chi connectivity index (χ1) is 13.0. The van der Waals surface area contributed by atoms with Crippen molar-refractivity contribution >= 4 is 44.7 Å². The van der Waals surface area contributed by atoms with Crippen molar-refractivity contribution in [2.75, 3.05) is 12.0 Å². The third-order valence-electron chi connectivity index (χ3n) is 4.75. The quantitative estimate of drug-likeness (QED) is 0.600. The molecular weight excluding hydrogens is 428 g/mol. The van der Waals surface area contributed by atoms with E-state index in [4.69, 9.17) is 4.74 Å². The molecule has 0 N–H and O–H groups in total. The van der Waals surface area contributed by atoms with Crippen LogP contribution in [0.3, 0.4) is 0 Å². The summed E-state index contributed by atoms with van der Waals surface area (Å²) in [6, 6.07) is 15.2. The first-order valence-electron chi connectivity index (χ1n) is 8.41. The largest absolute Gasteiger partial charge is 0.497 e. The number of rotatable bonds is 3. The zero-order chi connectivity index (χ0) is 19.1. The minimum absolute atomic E-state index is 0.0361. The summed E-state index contributed by atoms with van der Waals surface area (Å²) in [7, 11) is 3.33. The number of ether oxygens (including phenoxy) is 1. The minimum Gasteiger partial charge on any atom is -0.497 e. The van der Waals surface area contributed by atoms with Crippen LogP contribution in [-0.4, -0.2) is 17.6 Å². The van der Waals surface area contributed by atoms with Gasteiger partial charge in [0.2, 0.25) is 5.91 Å². The summed E-state index contributed by atoms with van der Waals surface area (Å²) in [6.07, 6.45) is 0.302. The van der Waals surface area contributed by atoms with E-state index < -0.39 is 0 Å². The van der Waals surface area contributed by atoms with Crippen LogP contribution in [0.4, 0.5) is 11.5 Å². The number of benzene rings is 2. The molecule has 2 heterocycles. The van der Waals surface area contributed by atoms with Crippen LogP contribution < -0.4 is 14.5 Å². The zero-order valence-corrected chi connectivity index (χ0v) is 17.2. The third kappa shape index (κ3) is 3.11. The predicted octanol–water partition coefficient (Wildman–Crippen LogP) is 4.42. The average molecular weight is 445 g/mol. The maximum Gasteiger partial charge on any atom is 0.308 e. The van der Waals surface area contributed by atoms with E-state index in [-0.39, 0.29) is 16.7 Å². The van der Waals surface area contributed by atoms with E-state index in [1.165, 1.54) is 11.3 Å². The molecule has 27 heavy (non-hydrogen) atoms. The monoisotopic (exact) mass is 444 g/mol. The maximum atomic E-state index is 13.1. The smallest absolute Gasteiger partial charge is 0.308 e. The third-order valence-corrected chi connectivity index (χ3v) is 6.41. The van der Waals surface area contributed by atoms with Crippen molar-refractivity contribution in [2.45, 2.75) is 12.3 Å². The molecule has 0 saturated heterocycles. The molecule has 4 rings (SSSR count). The van der Waals surface area contributed by atoms with Gasteiger partial charge in [0.1, 0.15) is 11.6 Å². The van der Waals surface area contributed by atoms with E-state index in [2.05, 4.69) is 15.9 Å². The topological polar surface area (TPSA) is 51.5 Å². The number of carbonyl (C=O) groups is 1. The molecule has 0 bridgehead atoms. The van der Waals surface area contributed by atoms with Gasteiger partial charge in [0.05, 0.1) is 17.7 Å². The van der Waals surface area contributed by atoms with Crippen LogP contribution in [0.2, 0.25) is 0 Å². The molecule has 1 aliphatic heterocycles. The Labute approximate surface area is 168 Å². The molecule has 0 fully saturated rings. The maximum absolute atomic E-state index is 13.1. The summed E-state index contributed by atoms with van der Waals surface area (Å²) < 4.78 is 7.82. The van der Waals surface area contributed by atoms with Crippen molar-refractivity contribution < 1.29 is 9.53 Å². The highest BCUT2D eigenvalue weighted by molar-refractivity contribution is 9.10. The average Bonchev–Trinajstić information content (AvgIpc) is 2.97. The van der Waals surface area contributed by atoms with Gasteiger partial charge in [0.15, 0.2) is 0 Å². The van der Waals surface area contributed by atoms with Gasteiger partial charge in [0, 0.05) is 23.9 Å². The van der Waals surface area contributed by atoms with Gasteiger partial charge in [-0.1, -0.05) is 39.4 Å². The second-order valence-corrected chi connectivity index (χ2v) is 8.26. The van der Waals surface area contributed by atoms with Crippen LogP contribution in [-0.2, 0) is 11.8 Å². The van der Waals surface area contributed by atoms with Gasteiger partial charge in [-0.05, 0) is 42.0 Å². The van der Waals surface area contributed by atoms with E-state index in [0.29, 0.717) is 12.2 Å². The summed E-state index contributed by atoms with van der Waals surface area (Å²) in [4.78, 5) is 28.0. The molecule has 7 heteroatoms. The van der Waals surface area contributed by atoms with E-state index in [1.54, 1.807) is 23.6 Å². The van der Waals surface area contributed by atoms with Crippen molar-refractivity contribution in [3.05, 3.63) is 73.1 Å². The molecule has 1 aliphatic rings. The van der Waals surface area contributed by atoms with E-state index in [1.807, 2.05) is 48.5 Å². The number of anilines is 2. The lowest BCUT2D eigenvalue weighted by Crippen LogP contribution is -2.34. The second kappa shape index (κ2) is 6.98. The fraction of sp³-hybridized carbons (Fsp3) is 0.200. The zero-order valence-electron chi connectivity index (χ0n) is 14.8. The summed E-state index contributed by atoms with van der Waals surface area (Å²) in [5, 5.41) is 0. The van der Waals surface area contributed by atoms with E-state index in [9.17, 15) is 9.59 Å². The summed E-state index contributed by atoms with van der Waals surface area (Å²) in [6.45, 7) is 0. The number of methoxy groups -OCH3 is 1. The van der Waals surface area contributed by atoms with Crippen LogP contribution in [0.15, 0.2) is 57.8 Å². The Morgan fingerprint density at radius 2 is 1.89 bits per heavy atom. The number of carbonyl (C=O) groups excluding carboxylic acids is 1. The van der Waals surface area contributed by atoms with Crippen molar-refractivity contribution in [3.8, 4) is 5.75 Å². The molecule has 2 aromatic carbocycles. The molecule has 1 aromatic heterocycles. The van der Waals surface area contributed by atoms with Gasteiger partial charge in [-0.3, -0.25) is 19.1 Å². The first kappa shape index (κ1) is 18.0. The highest BCUT2D eigenvalue weighted by Crippen LogP contribution is 2.45. The van der Waals surface area contributed by atoms with Crippen LogP contribution in [0.25, 0.3) is 0 Å². The number of nitrogens with zero attached hydrogens (tertiary/aromatic N) is 2. The molecule has 1 amide bonds. The Morgan fingerprint density at radius 3 is 2.59 bits per heavy atom. The fourth-order valence-electron chi connectivity index (χ4n) is 3.41. The van der Waals surface area contributed by atoms with Gasteiger partial charge >= 0.3 is 4.87 Å². The molecular formula is C20H17BrN2O3S. The second-order valence-electron chi connectivity index (χ2n) is 6.35. The van der Waals surface area contributed by atoms with Crippen molar-refractivity contribution in [1.82, 2.24) is 4.57 Å². The Bertz CT molecular complexity index is 1070. The van der Waals surface area contributed by atoms with Crippen LogP contribution in [0.1, 0.15) is 22.8 Å². The van der Waals surface area contributed by atoms with Crippen molar-refractivity contribution in [2.24, 2.45) is 7.05 Å². The normalized spacial score (nSPS) is 16.3. The van der Waals surface area contributed by atoms with Crippen LogP contribution in [0, 0.1) is 0 Å². The Hall–Kier alpha value is -2.38. The number of aromatic nitrogens is 1. The number of fused-ring (bicyclic) bond motifs is 1. The number of amides is 1. The number of hydrogen-bond donors (Lipinski definition) is 0. The SMILES string of the molecule is COc1cccc([C@H]2CC(=O)N(c3ccc(Br)cc3)c3c2sc(=O)n3C)c1. The van der Waals surface area contributed by atoms with Gasteiger partial charge in [-0.25, -0.2) is 0 Å². The molecule has 0 saturated carbocycles. The first-order valence-corrected chi connectivity index (χ1v) is 10.0. The highest BCUT2D eigenvalue weighted by atomic mass is 79.9. The van der Waals surface area contributed by atoms with Gasteiger partial charge in [-0.2, -0.15) is 0 Å². The summed E-state index contributed by atoms with van der Waals surface area (Å²) >= 11 is 4.62. The molecule has 0 aliphatic carbocycles. The lowest BCUT2D eigenvalue weighted by atomic mass is 9.90. The number of halogens is 1. The Morgan fingerprint density at radius 1 is 1.15 bits per heavy atom. The lowest BCUT2D eigenvalue weighted by Gasteiger charge is -2.32. The minimum atomic E-state index is -0.159. The predicted molar refractivity (Wildman–Crippen MR) is 110 cm³/mol. The molecule has 3 aromatic rings. The standard InChI is InChI=1S/C20H17BrN2O3S/c1-22-19-18(27-20(22)25)16(12-4-3-5-15(10-12)26-2)11-17(24)23(19)14-8-6-13(21)7-9-14/h3-10,16H,11H2,1-2H3/t16-/m1/s1. The molecule has 5 nitrogen and oxygen atoms in total. The lowest BCUT2D eigenvalue weighted by molar-refractivity contribution is -0.118. The molecule has 0 spiro atoms. The van der Waals surface area contributed by atoms with Crippen molar-refractivity contribution in [1.29, 1.82) is 0 Å². The Kier molecular flexibility index (Phi) is 4.65. The van der Waals surface area contributed by atoms with E-state index in [0.717, 1.165) is 26.4 Å². The number of thiazole rings is 1. The fourth-order valence-corrected chi connectivity index (χ4v) is 4.76. The Balaban J connectivity index is 1.88. The molecule has 0 unspecified atom stereocenters. The van der Waals surface area contributed by atoms with Crippen molar-refractivity contribution in [3.63, 3.8) is 0 Å². The van der Waals surface area contributed by atoms with Crippen LogP contribution >= 0.6 is 27.3 Å². The van der Waals surface area contributed by atoms with Gasteiger partial charge in [-0.15, -0.1) is 0 Å². The molecule has 0 radical (unpaired) electrons. The molecule has 138 valence electrons. The molecule has 1 atom stereocenters.